The van der Waals surface area contributed by atoms with Gasteiger partial charge in [0, 0.05) is 5.69 Å². The van der Waals surface area contributed by atoms with Crippen molar-refractivity contribution >= 4 is 17.4 Å². The van der Waals surface area contributed by atoms with Crippen LogP contribution in [0.1, 0.15) is 34.4 Å². The molecular weight excluding hydrogens is 278 g/mol. The molecule has 0 fully saturated rings. The number of carbonyl (C=O) groups excluding carboxylic acids is 1. The summed E-state index contributed by atoms with van der Waals surface area (Å²) in [4.78, 5) is 20.4. The Kier molecular flexibility index (Phi) is 5.06. The molecule has 0 spiro atoms. The maximum absolute atomic E-state index is 11.6. The number of anilines is 2. The number of amides is 1. The number of hydrogen-bond donors (Lipinski definition) is 3. The molecule has 0 bridgehead atoms. The maximum atomic E-state index is 11.6. The molecule has 6 heteroatoms. The van der Waals surface area contributed by atoms with Crippen LogP contribution in [-0.2, 0) is 12.8 Å². The van der Waals surface area contributed by atoms with Crippen LogP contribution in [-0.4, -0.2) is 22.4 Å². The van der Waals surface area contributed by atoms with Gasteiger partial charge in [-0.2, -0.15) is 0 Å². The first kappa shape index (κ1) is 15.9. The van der Waals surface area contributed by atoms with Crippen LogP contribution in [0.25, 0.3) is 0 Å². The Bertz CT molecular complexity index is 684. The Balaban J connectivity index is 2.38. The topological polar surface area (TPSA) is 107 Å². The molecule has 2 aromatic rings. The van der Waals surface area contributed by atoms with Crippen LogP contribution < -0.4 is 16.8 Å². The van der Waals surface area contributed by atoms with E-state index in [9.17, 15) is 4.79 Å². The number of aromatic nitrogens is 2. The van der Waals surface area contributed by atoms with Crippen LogP contribution in [0.3, 0.4) is 0 Å². The number of aryl methyl sites for hydroxylation is 2. The van der Waals surface area contributed by atoms with Crippen LogP contribution in [0.2, 0.25) is 0 Å². The van der Waals surface area contributed by atoms with Crippen LogP contribution >= 0.6 is 0 Å². The minimum atomic E-state index is -0.595. The smallest absolute Gasteiger partial charge is 0.271 e. The van der Waals surface area contributed by atoms with Crippen molar-refractivity contribution in [3.05, 3.63) is 46.9 Å². The van der Waals surface area contributed by atoms with E-state index in [4.69, 9.17) is 11.5 Å². The molecule has 116 valence electrons. The summed E-state index contributed by atoms with van der Waals surface area (Å²) in [6.45, 7) is 4.41. The van der Waals surface area contributed by atoms with Crippen LogP contribution in [0.15, 0.2) is 24.3 Å². The third-order valence-electron chi connectivity index (χ3n) is 3.36. The predicted molar refractivity (Wildman–Crippen MR) is 87.1 cm³/mol. The second-order valence-corrected chi connectivity index (χ2v) is 5.03. The second kappa shape index (κ2) is 7.00. The van der Waals surface area contributed by atoms with E-state index in [1.807, 2.05) is 38.1 Å². The number of nitrogens with two attached hydrogens (primary N) is 2. The molecule has 1 heterocycles. The van der Waals surface area contributed by atoms with Gasteiger partial charge in [0.25, 0.3) is 5.91 Å². The Labute approximate surface area is 130 Å². The molecule has 5 N–H and O–H groups in total. The van der Waals surface area contributed by atoms with Crippen molar-refractivity contribution in [1.82, 2.24) is 9.97 Å². The lowest BCUT2D eigenvalue weighted by atomic mass is 10.1. The Morgan fingerprint density at radius 3 is 2.73 bits per heavy atom. The number of hydrogen-bond acceptors (Lipinski definition) is 5. The van der Waals surface area contributed by atoms with Gasteiger partial charge < -0.3 is 16.8 Å². The molecule has 0 aliphatic carbocycles. The van der Waals surface area contributed by atoms with E-state index in [1.54, 1.807) is 0 Å². The van der Waals surface area contributed by atoms with Crippen molar-refractivity contribution in [3.63, 3.8) is 0 Å². The largest absolute Gasteiger partial charge is 0.364 e. The molecule has 0 radical (unpaired) electrons. The van der Waals surface area contributed by atoms with Crippen molar-refractivity contribution in [2.24, 2.45) is 11.5 Å². The maximum Gasteiger partial charge on any atom is 0.271 e. The van der Waals surface area contributed by atoms with Crippen molar-refractivity contribution in [1.29, 1.82) is 0 Å². The van der Waals surface area contributed by atoms with Gasteiger partial charge in [0.15, 0.2) is 11.5 Å². The third kappa shape index (κ3) is 3.59. The molecule has 0 saturated heterocycles. The zero-order valence-corrected chi connectivity index (χ0v) is 12.9. The van der Waals surface area contributed by atoms with Gasteiger partial charge in [-0.25, -0.2) is 9.97 Å². The van der Waals surface area contributed by atoms with Crippen LogP contribution in [0, 0.1) is 6.92 Å². The number of nitrogens with one attached hydrogen (secondary N) is 1. The molecule has 6 nitrogen and oxygen atoms in total. The summed E-state index contributed by atoms with van der Waals surface area (Å²) in [5, 5.41) is 3.13. The fraction of sp³-hybridized carbons (Fsp3) is 0.312. The first-order valence-corrected chi connectivity index (χ1v) is 7.28. The van der Waals surface area contributed by atoms with Gasteiger partial charge in [-0.15, -0.1) is 0 Å². The standard InChI is InChI=1S/C16H21N5O/c1-3-13-10(2)19-16(14(21-13)15(18)22)20-12-6-4-5-11(9-12)7-8-17/h4-6,9H,3,7-8,17H2,1-2H3,(H2,18,22)(H,19,20). The fourth-order valence-electron chi connectivity index (χ4n) is 2.26. The van der Waals surface area contributed by atoms with Gasteiger partial charge in [-0.05, 0) is 44.0 Å². The van der Waals surface area contributed by atoms with Gasteiger partial charge in [0.05, 0.1) is 11.4 Å². The molecule has 22 heavy (non-hydrogen) atoms. The summed E-state index contributed by atoms with van der Waals surface area (Å²) in [6, 6.07) is 7.81. The third-order valence-corrected chi connectivity index (χ3v) is 3.36. The average molecular weight is 299 g/mol. The Morgan fingerprint density at radius 1 is 1.32 bits per heavy atom. The van der Waals surface area contributed by atoms with E-state index in [0.29, 0.717) is 18.8 Å². The lowest BCUT2D eigenvalue weighted by Gasteiger charge is -2.12. The van der Waals surface area contributed by atoms with E-state index < -0.39 is 5.91 Å². The highest BCUT2D eigenvalue weighted by Gasteiger charge is 2.15. The predicted octanol–water partition coefficient (Wildman–Crippen LogP) is 1.69. The van der Waals surface area contributed by atoms with E-state index >= 15 is 0 Å². The minimum Gasteiger partial charge on any atom is -0.364 e. The van der Waals surface area contributed by atoms with Gasteiger partial charge >= 0.3 is 0 Å². The van der Waals surface area contributed by atoms with Crippen molar-refractivity contribution in [3.8, 4) is 0 Å². The molecule has 1 aromatic heterocycles. The van der Waals surface area contributed by atoms with E-state index in [2.05, 4.69) is 15.3 Å². The normalized spacial score (nSPS) is 10.5. The van der Waals surface area contributed by atoms with Gasteiger partial charge in [-0.3, -0.25) is 4.79 Å². The summed E-state index contributed by atoms with van der Waals surface area (Å²) in [6.07, 6.45) is 1.49. The lowest BCUT2D eigenvalue weighted by Crippen LogP contribution is -2.18. The molecule has 0 unspecified atom stereocenters. The number of carbonyl (C=O) groups is 1. The van der Waals surface area contributed by atoms with E-state index in [-0.39, 0.29) is 5.69 Å². The number of rotatable bonds is 6. The van der Waals surface area contributed by atoms with E-state index in [0.717, 1.165) is 29.1 Å². The first-order chi connectivity index (χ1) is 10.5. The molecule has 2 rings (SSSR count). The van der Waals surface area contributed by atoms with Gasteiger partial charge in [0.2, 0.25) is 0 Å². The molecule has 0 saturated carbocycles. The van der Waals surface area contributed by atoms with Crippen LogP contribution in [0.4, 0.5) is 11.5 Å². The zero-order valence-electron chi connectivity index (χ0n) is 12.9. The summed E-state index contributed by atoms with van der Waals surface area (Å²) in [5.41, 5.74) is 14.7. The molecule has 1 amide bonds. The monoisotopic (exact) mass is 299 g/mol. The minimum absolute atomic E-state index is 0.159. The number of nitrogens with zero attached hydrogens (tertiary/aromatic N) is 2. The second-order valence-electron chi connectivity index (χ2n) is 5.03. The summed E-state index contributed by atoms with van der Waals surface area (Å²) in [5.74, 6) is -0.213. The van der Waals surface area contributed by atoms with Crippen LogP contribution in [0.5, 0.6) is 0 Å². The summed E-state index contributed by atoms with van der Waals surface area (Å²) >= 11 is 0. The lowest BCUT2D eigenvalue weighted by molar-refractivity contribution is 0.0996. The highest BCUT2D eigenvalue weighted by molar-refractivity contribution is 5.96. The average Bonchev–Trinajstić information content (AvgIpc) is 2.48. The molecule has 0 atom stereocenters. The molecule has 0 aliphatic heterocycles. The zero-order chi connectivity index (χ0) is 16.1. The van der Waals surface area contributed by atoms with Gasteiger partial charge in [-0.1, -0.05) is 19.1 Å². The Hall–Kier alpha value is -2.47. The fourth-order valence-corrected chi connectivity index (χ4v) is 2.26. The van der Waals surface area contributed by atoms with Crippen molar-refractivity contribution in [2.45, 2.75) is 26.7 Å². The highest BCUT2D eigenvalue weighted by atomic mass is 16.1. The Morgan fingerprint density at radius 2 is 2.09 bits per heavy atom. The summed E-state index contributed by atoms with van der Waals surface area (Å²) < 4.78 is 0. The molecular formula is C16H21N5O. The summed E-state index contributed by atoms with van der Waals surface area (Å²) in [7, 11) is 0. The number of primary amides is 1. The number of benzene rings is 1. The van der Waals surface area contributed by atoms with Crippen molar-refractivity contribution < 1.29 is 4.79 Å². The molecule has 0 aliphatic rings. The van der Waals surface area contributed by atoms with E-state index in [1.165, 1.54) is 0 Å². The van der Waals surface area contributed by atoms with Gasteiger partial charge in [0.1, 0.15) is 0 Å². The quantitative estimate of drug-likeness (QED) is 0.752. The highest BCUT2D eigenvalue weighted by Crippen LogP contribution is 2.20. The first-order valence-electron chi connectivity index (χ1n) is 7.28. The molecule has 1 aromatic carbocycles. The SMILES string of the molecule is CCc1nc(C(N)=O)c(Nc2cccc(CCN)c2)nc1C. The van der Waals surface area contributed by atoms with Crippen molar-refractivity contribution in [2.75, 3.05) is 11.9 Å².